The second-order valence-corrected chi connectivity index (χ2v) is 7.70. The fraction of sp³-hybridized carbons (Fsp3) is 0.917. The van der Waals surface area contributed by atoms with E-state index in [9.17, 15) is 13.2 Å². The summed E-state index contributed by atoms with van der Waals surface area (Å²) in [5, 5.41) is 6.24. The van der Waals surface area contributed by atoms with Gasteiger partial charge in [0.25, 0.3) is 0 Å². The summed E-state index contributed by atoms with van der Waals surface area (Å²) < 4.78 is 22.6. The molecule has 0 spiro atoms. The summed E-state index contributed by atoms with van der Waals surface area (Å²) in [6.45, 7) is 2.79. The number of hydrogen-bond acceptors (Lipinski definition) is 4. The van der Waals surface area contributed by atoms with Crippen molar-refractivity contribution in [1.82, 2.24) is 10.6 Å². The molecule has 1 amide bonds. The molecule has 0 saturated carbocycles. The molecule has 0 aromatic heterocycles. The molecule has 2 rings (SSSR count). The van der Waals surface area contributed by atoms with Crippen LogP contribution < -0.4 is 10.6 Å². The normalized spacial score (nSPS) is 28.1. The minimum atomic E-state index is -2.86. The zero-order valence-corrected chi connectivity index (χ0v) is 11.5. The molecule has 0 aromatic rings. The molecule has 2 aliphatic heterocycles. The quantitative estimate of drug-likeness (QED) is 0.752. The number of sulfone groups is 1. The molecule has 2 saturated heterocycles. The SMILES string of the molecule is O=C(CC1CCS(=O)(=O)C1)NCC1CCNCC1. The molecule has 0 bridgehead atoms. The standard InChI is InChI=1S/C12H22N2O3S/c15-12(7-11-3-6-18(16,17)9-11)14-8-10-1-4-13-5-2-10/h10-11,13H,1-9H2,(H,14,15). The Balaban J connectivity index is 1.66. The highest BCUT2D eigenvalue weighted by molar-refractivity contribution is 7.91. The molecule has 2 heterocycles. The van der Waals surface area contributed by atoms with Gasteiger partial charge >= 0.3 is 0 Å². The topological polar surface area (TPSA) is 75.3 Å². The Kier molecular flexibility index (Phi) is 4.61. The van der Waals surface area contributed by atoms with Gasteiger partial charge in [-0.3, -0.25) is 4.79 Å². The highest BCUT2D eigenvalue weighted by Gasteiger charge is 2.29. The van der Waals surface area contributed by atoms with Crippen LogP contribution in [0.4, 0.5) is 0 Å². The third-order valence-electron chi connectivity index (χ3n) is 3.85. The van der Waals surface area contributed by atoms with E-state index < -0.39 is 9.84 Å². The van der Waals surface area contributed by atoms with E-state index in [1.807, 2.05) is 0 Å². The van der Waals surface area contributed by atoms with Crippen LogP contribution in [0.2, 0.25) is 0 Å². The van der Waals surface area contributed by atoms with E-state index in [4.69, 9.17) is 0 Å². The Morgan fingerprint density at radius 3 is 2.50 bits per heavy atom. The van der Waals surface area contributed by atoms with Gasteiger partial charge in [-0.05, 0) is 44.2 Å². The van der Waals surface area contributed by atoms with Crippen LogP contribution in [0, 0.1) is 11.8 Å². The van der Waals surface area contributed by atoms with Gasteiger partial charge in [0.1, 0.15) is 0 Å². The molecule has 18 heavy (non-hydrogen) atoms. The highest BCUT2D eigenvalue weighted by atomic mass is 32.2. The summed E-state index contributed by atoms with van der Waals surface area (Å²) >= 11 is 0. The van der Waals surface area contributed by atoms with E-state index in [-0.39, 0.29) is 23.3 Å². The zero-order valence-electron chi connectivity index (χ0n) is 10.7. The van der Waals surface area contributed by atoms with Gasteiger partial charge in [-0.15, -0.1) is 0 Å². The van der Waals surface area contributed by atoms with Crippen LogP contribution >= 0.6 is 0 Å². The number of carbonyl (C=O) groups excluding carboxylic acids is 1. The molecule has 104 valence electrons. The molecule has 2 fully saturated rings. The molecule has 0 aromatic carbocycles. The molecule has 1 unspecified atom stereocenters. The number of rotatable bonds is 4. The average molecular weight is 274 g/mol. The Labute approximate surface area is 109 Å². The maximum Gasteiger partial charge on any atom is 0.220 e. The summed E-state index contributed by atoms with van der Waals surface area (Å²) in [4.78, 5) is 11.7. The van der Waals surface area contributed by atoms with Crippen LogP contribution in [-0.2, 0) is 14.6 Å². The van der Waals surface area contributed by atoms with Crippen molar-refractivity contribution < 1.29 is 13.2 Å². The molecule has 0 radical (unpaired) electrons. The van der Waals surface area contributed by atoms with Crippen molar-refractivity contribution in [3.8, 4) is 0 Å². The predicted octanol–water partition coefficient (Wildman–Crippen LogP) is -0.0730. The lowest BCUT2D eigenvalue weighted by atomic mass is 9.98. The molecular weight excluding hydrogens is 252 g/mol. The van der Waals surface area contributed by atoms with Gasteiger partial charge in [-0.2, -0.15) is 0 Å². The Hall–Kier alpha value is -0.620. The van der Waals surface area contributed by atoms with Crippen molar-refractivity contribution in [3.63, 3.8) is 0 Å². The van der Waals surface area contributed by atoms with Crippen LogP contribution in [0.5, 0.6) is 0 Å². The lowest BCUT2D eigenvalue weighted by molar-refractivity contribution is -0.122. The summed E-state index contributed by atoms with van der Waals surface area (Å²) in [6, 6.07) is 0. The lowest BCUT2D eigenvalue weighted by Crippen LogP contribution is -2.36. The number of amides is 1. The fourth-order valence-electron chi connectivity index (χ4n) is 2.71. The first-order valence-electron chi connectivity index (χ1n) is 6.73. The minimum absolute atomic E-state index is 0.00985. The van der Waals surface area contributed by atoms with Gasteiger partial charge in [0.2, 0.25) is 5.91 Å². The zero-order chi connectivity index (χ0) is 13.0. The van der Waals surface area contributed by atoms with E-state index in [1.165, 1.54) is 0 Å². The van der Waals surface area contributed by atoms with Crippen molar-refractivity contribution in [2.45, 2.75) is 25.7 Å². The minimum Gasteiger partial charge on any atom is -0.356 e. The molecular formula is C12H22N2O3S. The third kappa shape index (κ3) is 4.24. The van der Waals surface area contributed by atoms with E-state index in [1.54, 1.807) is 0 Å². The molecule has 1 atom stereocenters. The maximum absolute atomic E-state index is 11.7. The Morgan fingerprint density at radius 2 is 1.89 bits per heavy atom. The number of carbonyl (C=O) groups is 1. The highest BCUT2D eigenvalue weighted by Crippen LogP contribution is 2.21. The summed E-state index contributed by atoms with van der Waals surface area (Å²) in [6.07, 6.45) is 3.23. The maximum atomic E-state index is 11.7. The molecule has 2 N–H and O–H groups in total. The number of piperidine rings is 1. The molecule has 6 heteroatoms. The first-order chi connectivity index (χ1) is 8.55. The first-order valence-corrected chi connectivity index (χ1v) is 8.55. The Morgan fingerprint density at radius 1 is 1.17 bits per heavy atom. The van der Waals surface area contributed by atoms with E-state index in [0.717, 1.165) is 32.5 Å². The molecule has 5 nitrogen and oxygen atoms in total. The smallest absolute Gasteiger partial charge is 0.220 e. The number of hydrogen-bond donors (Lipinski definition) is 2. The van der Waals surface area contributed by atoms with Gasteiger partial charge in [-0.1, -0.05) is 0 Å². The van der Waals surface area contributed by atoms with Crippen molar-refractivity contribution >= 4 is 15.7 Å². The van der Waals surface area contributed by atoms with Crippen molar-refractivity contribution in [2.24, 2.45) is 11.8 Å². The van der Waals surface area contributed by atoms with Crippen LogP contribution in [0.25, 0.3) is 0 Å². The monoisotopic (exact) mass is 274 g/mol. The van der Waals surface area contributed by atoms with Crippen LogP contribution in [-0.4, -0.2) is 45.5 Å². The lowest BCUT2D eigenvalue weighted by Gasteiger charge is -2.23. The van der Waals surface area contributed by atoms with Gasteiger partial charge in [0, 0.05) is 13.0 Å². The van der Waals surface area contributed by atoms with Gasteiger partial charge in [0.05, 0.1) is 11.5 Å². The third-order valence-corrected chi connectivity index (χ3v) is 5.68. The van der Waals surface area contributed by atoms with Gasteiger partial charge < -0.3 is 10.6 Å². The fourth-order valence-corrected chi connectivity index (χ4v) is 4.57. The second kappa shape index (κ2) is 6.02. The average Bonchev–Trinajstić information content (AvgIpc) is 2.67. The summed E-state index contributed by atoms with van der Waals surface area (Å²) in [5.41, 5.74) is 0. The molecule has 2 aliphatic rings. The van der Waals surface area contributed by atoms with E-state index in [2.05, 4.69) is 10.6 Å². The van der Waals surface area contributed by atoms with Gasteiger partial charge in [0.15, 0.2) is 9.84 Å². The first kappa shape index (κ1) is 13.8. The molecule has 0 aliphatic carbocycles. The van der Waals surface area contributed by atoms with E-state index >= 15 is 0 Å². The van der Waals surface area contributed by atoms with Crippen molar-refractivity contribution in [2.75, 3.05) is 31.1 Å². The predicted molar refractivity (Wildman–Crippen MR) is 70.0 cm³/mol. The van der Waals surface area contributed by atoms with Gasteiger partial charge in [-0.25, -0.2) is 8.42 Å². The summed E-state index contributed by atoms with van der Waals surface area (Å²) in [5.74, 6) is 1.05. The van der Waals surface area contributed by atoms with Crippen LogP contribution in [0.1, 0.15) is 25.7 Å². The van der Waals surface area contributed by atoms with Crippen molar-refractivity contribution in [1.29, 1.82) is 0 Å². The van der Waals surface area contributed by atoms with Crippen molar-refractivity contribution in [3.05, 3.63) is 0 Å². The van der Waals surface area contributed by atoms with Crippen LogP contribution in [0.15, 0.2) is 0 Å². The largest absolute Gasteiger partial charge is 0.356 e. The second-order valence-electron chi connectivity index (χ2n) is 5.47. The van der Waals surface area contributed by atoms with Crippen LogP contribution in [0.3, 0.4) is 0 Å². The Bertz CT molecular complexity index is 388. The van der Waals surface area contributed by atoms with E-state index in [0.29, 0.717) is 18.8 Å². The summed E-state index contributed by atoms with van der Waals surface area (Å²) in [7, 11) is -2.86. The number of nitrogens with one attached hydrogen (secondary N) is 2.